The van der Waals surface area contributed by atoms with Crippen molar-refractivity contribution in [2.24, 2.45) is 5.73 Å². The molecule has 2 N–H and O–H groups in total. The molecule has 22 heavy (non-hydrogen) atoms. The number of hydrogen-bond donors (Lipinski definition) is 1. The summed E-state index contributed by atoms with van der Waals surface area (Å²) in [5.74, 6) is -1.66. The van der Waals surface area contributed by atoms with E-state index in [0.717, 1.165) is 5.01 Å². The van der Waals surface area contributed by atoms with Crippen molar-refractivity contribution in [1.29, 1.82) is 0 Å². The molecule has 4 nitrogen and oxygen atoms in total. The maximum Gasteiger partial charge on any atom is 0.273 e. The van der Waals surface area contributed by atoms with E-state index >= 15 is 0 Å². The number of halogens is 2. The molecule has 0 radical (unpaired) electrons. The van der Waals surface area contributed by atoms with Crippen molar-refractivity contribution < 1.29 is 13.6 Å². The summed E-state index contributed by atoms with van der Waals surface area (Å²) >= 11 is 1.36. The van der Waals surface area contributed by atoms with E-state index < -0.39 is 11.6 Å². The molecule has 0 saturated carbocycles. The second kappa shape index (κ2) is 7.42. The minimum absolute atomic E-state index is 0.116. The summed E-state index contributed by atoms with van der Waals surface area (Å²) in [7, 11) is 0. The van der Waals surface area contributed by atoms with Crippen LogP contribution in [0.15, 0.2) is 23.6 Å². The highest BCUT2D eigenvalue weighted by molar-refractivity contribution is 7.09. The quantitative estimate of drug-likeness (QED) is 0.888. The van der Waals surface area contributed by atoms with Crippen LogP contribution >= 0.6 is 11.3 Å². The van der Waals surface area contributed by atoms with Crippen molar-refractivity contribution in [1.82, 2.24) is 9.88 Å². The van der Waals surface area contributed by atoms with Crippen LogP contribution in [-0.2, 0) is 13.0 Å². The van der Waals surface area contributed by atoms with Gasteiger partial charge in [-0.15, -0.1) is 11.3 Å². The minimum Gasteiger partial charge on any atom is -0.333 e. The van der Waals surface area contributed by atoms with E-state index in [1.165, 1.54) is 34.4 Å². The van der Waals surface area contributed by atoms with E-state index in [9.17, 15) is 13.6 Å². The van der Waals surface area contributed by atoms with Gasteiger partial charge in [0.25, 0.3) is 5.91 Å². The summed E-state index contributed by atoms with van der Waals surface area (Å²) in [5.41, 5.74) is 5.62. The first-order valence-corrected chi connectivity index (χ1v) is 7.81. The molecule has 2 aromatic rings. The molecule has 0 bridgehead atoms. The van der Waals surface area contributed by atoms with Crippen LogP contribution in [0.5, 0.6) is 0 Å². The predicted octanol–water partition coefficient (Wildman–Crippen LogP) is 2.58. The number of carbonyl (C=O) groups is 1. The Morgan fingerprint density at radius 1 is 1.36 bits per heavy atom. The van der Waals surface area contributed by atoms with Crippen LogP contribution in [0.25, 0.3) is 0 Å². The summed E-state index contributed by atoms with van der Waals surface area (Å²) in [4.78, 5) is 18.0. The third-order valence-electron chi connectivity index (χ3n) is 3.21. The molecule has 1 aromatic carbocycles. The van der Waals surface area contributed by atoms with Gasteiger partial charge in [-0.05, 0) is 25.6 Å². The van der Waals surface area contributed by atoms with Gasteiger partial charge < -0.3 is 10.6 Å². The van der Waals surface area contributed by atoms with Gasteiger partial charge in [-0.3, -0.25) is 4.79 Å². The van der Waals surface area contributed by atoms with Gasteiger partial charge in [0, 0.05) is 23.9 Å². The maximum absolute atomic E-state index is 13.7. The highest BCUT2D eigenvalue weighted by atomic mass is 32.1. The first-order valence-electron chi connectivity index (χ1n) is 6.93. The third kappa shape index (κ3) is 3.66. The number of nitrogens with two attached hydrogens (primary N) is 1. The van der Waals surface area contributed by atoms with E-state index in [-0.39, 0.29) is 23.7 Å². The number of nitrogens with zero attached hydrogens (tertiary/aromatic N) is 2. The number of amides is 1. The fourth-order valence-corrected chi connectivity index (χ4v) is 2.80. The lowest BCUT2D eigenvalue weighted by atomic mass is 10.1. The Labute approximate surface area is 131 Å². The second-order valence-electron chi connectivity index (χ2n) is 4.68. The lowest BCUT2D eigenvalue weighted by Gasteiger charge is -2.20. The Balaban J connectivity index is 2.18. The Morgan fingerprint density at radius 3 is 2.64 bits per heavy atom. The smallest absolute Gasteiger partial charge is 0.273 e. The standard InChI is InChI=1S/C15H17F2N3OS/c1-2-20(8-10-11(16)4-3-5-12(10)17)15(21)13-9-22-14(19-13)6-7-18/h3-5,9H,2,6-8,18H2,1H3. The zero-order chi connectivity index (χ0) is 16.1. The molecule has 2 rings (SSSR count). The van der Waals surface area contributed by atoms with Gasteiger partial charge in [0.05, 0.1) is 11.6 Å². The number of benzene rings is 1. The molecule has 0 aliphatic carbocycles. The Kier molecular flexibility index (Phi) is 5.57. The van der Waals surface area contributed by atoms with Crippen molar-refractivity contribution in [3.8, 4) is 0 Å². The number of thiazole rings is 1. The normalized spacial score (nSPS) is 10.7. The van der Waals surface area contributed by atoms with Gasteiger partial charge in [-0.25, -0.2) is 13.8 Å². The number of hydrogen-bond acceptors (Lipinski definition) is 4. The summed E-state index contributed by atoms with van der Waals surface area (Å²) in [6, 6.07) is 3.66. The number of rotatable bonds is 6. The van der Waals surface area contributed by atoms with Crippen LogP contribution in [0.2, 0.25) is 0 Å². The molecule has 0 saturated heterocycles. The Morgan fingerprint density at radius 2 is 2.05 bits per heavy atom. The van der Waals surface area contributed by atoms with Gasteiger partial charge in [-0.1, -0.05) is 6.07 Å². The zero-order valence-corrected chi connectivity index (χ0v) is 13.0. The molecule has 0 fully saturated rings. The summed E-state index contributed by atoms with van der Waals surface area (Å²) in [5, 5.41) is 2.42. The molecule has 7 heteroatoms. The van der Waals surface area contributed by atoms with E-state index in [4.69, 9.17) is 5.73 Å². The largest absolute Gasteiger partial charge is 0.333 e. The first kappa shape index (κ1) is 16.5. The van der Waals surface area contributed by atoms with Crippen LogP contribution in [-0.4, -0.2) is 28.9 Å². The van der Waals surface area contributed by atoms with Gasteiger partial charge >= 0.3 is 0 Å². The molecule has 0 unspecified atom stereocenters. The van der Waals surface area contributed by atoms with Crippen LogP contribution in [0, 0.1) is 11.6 Å². The topological polar surface area (TPSA) is 59.2 Å². The first-order chi connectivity index (χ1) is 10.6. The summed E-state index contributed by atoms with van der Waals surface area (Å²) in [6.07, 6.45) is 0.603. The average Bonchev–Trinajstić information content (AvgIpc) is 2.95. The number of aromatic nitrogens is 1. The van der Waals surface area contributed by atoms with Gasteiger partial charge in [-0.2, -0.15) is 0 Å². The molecule has 0 aliphatic heterocycles. The molecular weight excluding hydrogens is 308 g/mol. The molecule has 0 atom stereocenters. The highest BCUT2D eigenvalue weighted by Gasteiger charge is 2.20. The lowest BCUT2D eigenvalue weighted by Crippen LogP contribution is -2.31. The minimum atomic E-state index is -0.659. The summed E-state index contributed by atoms with van der Waals surface area (Å²) < 4.78 is 27.4. The van der Waals surface area contributed by atoms with Gasteiger partial charge in [0.15, 0.2) is 0 Å². The lowest BCUT2D eigenvalue weighted by molar-refractivity contribution is 0.0744. The van der Waals surface area contributed by atoms with Crippen molar-refractivity contribution in [2.75, 3.05) is 13.1 Å². The fraction of sp³-hybridized carbons (Fsp3) is 0.333. The van der Waals surface area contributed by atoms with Gasteiger partial charge in [0.1, 0.15) is 17.3 Å². The highest BCUT2D eigenvalue weighted by Crippen LogP contribution is 2.17. The van der Waals surface area contributed by atoms with Crippen molar-refractivity contribution >= 4 is 17.2 Å². The van der Waals surface area contributed by atoms with Crippen LogP contribution in [0.4, 0.5) is 8.78 Å². The molecular formula is C15H17F2N3OS. The maximum atomic E-state index is 13.7. The third-order valence-corrected chi connectivity index (χ3v) is 4.12. The molecule has 0 spiro atoms. The van der Waals surface area contributed by atoms with Crippen molar-refractivity contribution in [3.05, 3.63) is 51.5 Å². The SMILES string of the molecule is CCN(Cc1c(F)cccc1F)C(=O)c1csc(CCN)n1. The Bertz CT molecular complexity index is 640. The molecule has 118 valence electrons. The molecule has 1 heterocycles. The van der Waals surface area contributed by atoms with Crippen LogP contribution in [0.1, 0.15) is 28.0 Å². The predicted molar refractivity (Wildman–Crippen MR) is 81.6 cm³/mol. The second-order valence-corrected chi connectivity index (χ2v) is 5.63. The van der Waals surface area contributed by atoms with E-state index in [1.807, 2.05) is 0 Å². The average molecular weight is 325 g/mol. The van der Waals surface area contributed by atoms with Crippen molar-refractivity contribution in [2.45, 2.75) is 19.9 Å². The molecule has 0 aliphatic rings. The zero-order valence-electron chi connectivity index (χ0n) is 12.2. The van der Waals surface area contributed by atoms with E-state index in [1.54, 1.807) is 12.3 Å². The molecule has 1 amide bonds. The van der Waals surface area contributed by atoms with Crippen molar-refractivity contribution in [3.63, 3.8) is 0 Å². The monoisotopic (exact) mass is 325 g/mol. The summed E-state index contributed by atoms with van der Waals surface area (Å²) in [6.45, 7) is 2.41. The fourth-order valence-electron chi connectivity index (χ4n) is 2.01. The van der Waals surface area contributed by atoms with E-state index in [2.05, 4.69) is 4.98 Å². The van der Waals surface area contributed by atoms with E-state index in [0.29, 0.717) is 19.5 Å². The van der Waals surface area contributed by atoms with Gasteiger partial charge in [0.2, 0.25) is 0 Å². The molecule has 1 aromatic heterocycles. The van der Waals surface area contributed by atoms with Crippen LogP contribution < -0.4 is 5.73 Å². The Hall–Kier alpha value is -1.86. The van der Waals surface area contributed by atoms with Crippen LogP contribution in [0.3, 0.4) is 0 Å². The number of carbonyl (C=O) groups excluding carboxylic acids is 1.